The van der Waals surface area contributed by atoms with Crippen molar-refractivity contribution in [2.75, 3.05) is 6.54 Å². The van der Waals surface area contributed by atoms with Gasteiger partial charge in [-0.1, -0.05) is 12.1 Å². The summed E-state index contributed by atoms with van der Waals surface area (Å²) in [5.41, 5.74) is 1.62. The van der Waals surface area contributed by atoms with Gasteiger partial charge in [-0.2, -0.15) is 0 Å². The molecule has 1 aromatic carbocycles. The number of thiophene rings is 1. The third-order valence-electron chi connectivity index (χ3n) is 6.10. The van der Waals surface area contributed by atoms with Gasteiger partial charge in [0, 0.05) is 25.6 Å². The Labute approximate surface area is 171 Å². The summed E-state index contributed by atoms with van der Waals surface area (Å²) in [6.07, 6.45) is 4.24. The summed E-state index contributed by atoms with van der Waals surface area (Å²) < 4.78 is 15.3. The molecule has 0 N–H and O–H groups in total. The van der Waals surface area contributed by atoms with Crippen LogP contribution in [0.4, 0.5) is 4.39 Å². The van der Waals surface area contributed by atoms with Crippen molar-refractivity contribution in [1.82, 2.24) is 14.5 Å². The molecule has 150 valence electrons. The van der Waals surface area contributed by atoms with Crippen LogP contribution >= 0.6 is 11.3 Å². The maximum Gasteiger partial charge on any atom is 0.264 e. The third-order valence-corrected chi connectivity index (χ3v) is 7.28. The molecule has 2 aliphatic rings. The molecule has 0 spiro atoms. The highest BCUT2D eigenvalue weighted by atomic mass is 32.1. The van der Waals surface area contributed by atoms with Gasteiger partial charge in [-0.15, -0.1) is 11.3 Å². The second kappa shape index (κ2) is 7.06. The van der Waals surface area contributed by atoms with E-state index in [-0.39, 0.29) is 23.3 Å². The van der Waals surface area contributed by atoms with Crippen LogP contribution in [0.2, 0.25) is 0 Å². The maximum atomic E-state index is 13.6. The van der Waals surface area contributed by atoms with Gasteiger partial charge in [0.15, 0.2) is 0 Å². The minimum Gasteiger partial charge on any atom is -0.335 e. The van der Waals surface area contributed by atoms with E-state index in [0.717, 1.165) is 42.6 Å². The number of rotatable bonds is 3. The Hall–Kier alpha value is -2.54. The Morgan fingerprint density at radius 1 is 1.31 bits per heavy atom. The molecule has 2 aliphatic heterocycles. The standard InChI is InChI=1S/C22H22FN3O2S/c1-13-18-20(24-17-8-4-10-26(17)21(18)27)29-19(13)22(28)25-9-3-7-16(25)12-14-5-2-6-15(23)11-14/h2,5-6,11,16H,3-4,7-10,12H2,1H3. The highest BCUT2D eigenvalue weighted by Gasteiger charge is 2.32. The largest absolute Gasteiger partial charge is 0.335 e. The van der Waals surface area contributed by atoms with E-state index < -0.39 is 0 Å². The van der Waals surface area contributed by atoms with Crippen molar-refractivity contribution in [3.8, 4) is 0 Å². The van der Waals surface area contributed by atoms with Gasteiger partial charge in [0.2, 0.25) is 0 Å². The van der Waals surface area contributed by atoms with Crippen LogP contribution in [-0.2, 0) is 19.4 Å². The van der Waals surface area contributed by atoms with Crippen LogP contribution in [-0.4, -0.2) is 32.9 Å². The number of benzene rings is 1. The Balaban J connectivity index is 1.48. The molecule has 29 heavy (non-hydrogen) atoms. The summed E-state index contributed by atoms with van der Waals surface area (Å²) in [4.78, 5) is 34.2. The smallest absolute Gasteiger partial charge is 0.264 e. The van der Waals surface area contributed by atoms with Crippen LogP contribution in [0, 0.1) is 12.7 Å². The number of aromatic nitrogens is 2. The lowest BCUT2D eigenvalue weighted by Gasteiger charge is -2.24. The van der Waals surface area contributed by atoms with Crippen molar-refractivity contribution in [2.45, 2.75) is 51.6 Å². The van der Waals surface area contributed by atoms with Crippen LogP contribution in [0.5, 0.6) is 0 Å². The van der Waals surface area contributed by atoms with Crippen LogP contribution in [0.3, 0.4) is 0 Å². The summed E-state index contributed by atoms with van der Waals surface area (Å²) in [7, 11) is 0. The quantitative estimate of drug-likeness (QED) is 0.660. The number of likely N-dealkylation sites (tertiary alicyclic amines) is 1. The summed E-state index contributed by atoms with van der Waals surface area (Å²) in [5, 5.41) is 0.588. The number of hydrogen-bond acceptors (Lipinski definition) is 4. The van der Waals surface area contributed by atoms with Gasteiger partial charge in [-0.25, -0.2) is 9.37 Å². The predicted molar refractivity (Wildman–Crippen MR) is 111 cm³/mol. The molecule has 4 heterocycles. The zero-order valence-corrected chi connectivity index (χ0v) is 17.1. The zero-order chi connectivity index (χ0) is 20.1. The molecule has 5 rings (SSSR count). The maximum absolute atomic E-state index is 13.6. The fourth-order valence-corrected chi connectivity index (χ4v) is 5.81. The average molecular weight is 412 g/mol. The predicted octanol–water partition coefficient (Wildman–Crippen LogP) is 3.70. The monoisotopic (exact) mass is 411 g/mol. The SMILES string of the molecule is Cc1c(C(=O)N2CCCC2Cc2cccc(F)c2)sc2nc3n(c(=O)c12)CCC3. The number of hydrogen-bond donors (Lipinski definition) is 0. The van der Waals surface area contributed by atoms with E-state index in [1.54, 1.807) is 10.6 Å². The normalized spacial score (nSPS) is 18.6. The van der Waals surface area contributed by atoms with Crippen LogP contribution in [0.25, 0.3) is 10.2 Å². The fraction of sp³-hybridized carbons (Fsp3) is 0.409. The molecule has 1 fully saturated rings. The molecular formula is C22H22FN3O2S. The first-order chi connectivity index (χ1) is 14.0. The highest BCUT2D eigenvalue weighted by molar-refractivity contribution is 7.20. The van der Waals surface area contributed by atoms with E-state index in [2.05, 4.69) is 4.98 Å². The summed E-state index contributed by atoms with van der Waals surface area (Å²) in [6, 6.07) is 6.64. The third kappa shape index (κ3) is 3.08. The van der Waals surface area contributed by atoms with Crippen LogP contribution < -0.4 is 5.56 Å². The number of nitrogens with zero attached hydrogens (tertiary/aromatic N) is 3. The molecule has 2 aromatic heterocycles. The molecule has 5 nitrogen and oxygen atoms in total. The molecular weight excluding hydrogens is 389 g/mol. The van der Waals surface area contributed by atoms with E-state index in [0.29, 0.717) is 34.6 Å². The molecule has 3 aromatic rings. The van der Waals surface area contributed by atoms with E-state index in [4.69, 9.17) is 0 Å². The lowest BCUT2D eigenvalue weighted by molar-refractivity contribution is 0.0741. The van der Waals surface area contributed by atoms with Crippen molar-refractivity contribution in [1.29, 1.82) is 0 Å². The number of fused-ring (bicyclic) bond motifs is 2. The van der Waals surface area contributed by atoms with E-state index >= 15 is 0 Å². The van der Waals surface area contributed by atoms with Crippen molar-refractivity contribution in [3.63, 3.8) is 0 Å². The lowest BCUT2D eigenvalue weighted by atomic mass is 10.0. The van der Waals surface area contributed by atoms with Crippen molar-refractivity contribution in [3.05, 3.63) is 62.3 Å². The van der Waals surface area contributed by atoms with Gasteiger partial charge < -0.3 is 4.90 Å². The molecule has 1 atom stereocenters. The number of aryl methyl sites for hydroxylation is 2. The van der Waals surface area contributed by atoms with E-state index in [1.807, 2.05) is 17.9 Å². The highest BCUT2D eigenvalue weighted by Crippen LogP contribution is 2.32. The Morgan fingerprint density at radius 2 is 2.17 bits per heavy atom. The molecule has 1 saturated heterocycles. The van der Waals surface area contributed by atoms with Gasteiger partial charge in [0.1, 0.15) is 16.5 Å². The van der Waals surface area contributed by atoms with Crippen LogP contribution in [0.15, 0.2) is 29.1 Å². The molecule has 0 saturated carbocycles. The topological polar surface area (TPSA) is 55.2 Å². The van der Waals surface area contributed by atoms with Crippen molar-refractivity contribution in [2.24, 2.45) is 0 Å². The fourth-order valence-electron chi connectivity index (χ4n) is 4.66. The molecule has 0 bridgehead atoms. The zero-order valence-electron chi connectivity index (χ0n) is 16.3. The first kappa shape index (κ1) is 18.5. The summed E-state index contributed by atoms with van der Waals surface area (Å²) in [5.74, 6) is 0.542. The van der Waals surface area contributed by atoms with Gasteiger partial charge in [0.25, 0.3) is 11.5 Å². The first-order valence-electron chi connectivity index (χ1n) is 10.1. The van der Waals surface area contributed by atoms with Gasteiger partial charge >= 0.3 is 0 Å². The first-order valence-corrected chi connectivity index (χ1v) is 10.9. The van der Waals surface area contributed by atoms with Crippen LogP contribution in [0.1, 0.15) is 45.9 Å². The summed E-state index contributed by atoms with van der Waals surface area (Å²) >= 11 is 1.33. The number of amides is 1. The lowest BCUT2D eigenvalue weighted by Crippen LogP contribution is -2.36. The molecule has 1 unspecified atom stereocenters. The second-order valence-electron chi connectivity index (χ2n) is 7.95. The second-order valence-corrected chi connectivity index (χ2v) is 8.95. The number of carbonyl (C=O) groups is 1. The Morgan fingerprint density at radius 3 is 3.00 bits per heavy atom. The minimum absolute atomic E-state index is 0.0203. The average Bonchev–Trinajstić information content (AvgIpc) is 3.41. The summed E-state index contributed by atoms with van der Waals surface area (Å²) in [6.45, 7) is 3.25. The Kier molecular flexibility index (Phi) is 4.50. The Bertz CT molecular complexity index is 1180. The van der Waals surface area contributed by atoms with Gasteiger partial charge in [-0.05, 0) is 55.9 Å². The van der Waals surface area contributed by atoms with Gasteiger partial charge in [0.05, 0.1) is 10.3 Å². The number of halogens is 1. The van der Waals surface area contributed by atoms with E-state index in [1.165, 1.54) is 23.5 Å². The minimum atomic E-state index is -0.252. The molecule has 0 radical (unpaired) electrons. The van der Waals surface area contributed by atoms with Crippen molar-refractivity contribution < 1.29 is 9.18 Å². The number of carbonyl (C=O) groups excluding carboxylic acids is 1. The molecule has 1 amide bonds. The molecule has 0 aliphatic carbocycles. The van der Waals surface area contributed by atoms with Gasteiger partial charge in [-0.3, -0.25) is 14.2 Å². The molecule has 7 heteroatoms. The van der Waals surface area contributed by atoms with E-state index in [9.17, 15) is 14.0 Å². The van der Waals surface area contributed by atoms with Crippen molar-refractivity contribution >= 4 is 27.5 Å².